The summed E-state index contributed by atoms with van der Waals surface area (Å²) in [7, 11) is -5.47. The van der Waals surface area contributed by atoms with Crippen molar-refractivity contribution in [2.45, 2.75) is 30.6 Å². The molecule has 0 bridgehead atoms. The molecule has 1 N–H and O–H groups in total. The molecule has 1 saturated heterocycles. The molecule has 1 fully saturated rings. The average Bonchev–Trinajstić information content (AvgIpc) is 3.36. The summed E-state index contributed by atoms with van der Waals surface area (Å²) >= 11 is 0.712. The number of halogens is 7. The topological polar surface area (TPSA) is 91.8 Å². The molecule has 1 aliphatic rings. The Kier molecular flexibility index (Phi) is 8.04. The minimum absolute atomic E-state index is 0.00710. The number of aromatic nitrogens is 1. The summed E-state index contributed by atoms with van der Waals surface area (Å²) in [6.07, 6.45) is -4.73. The number of carbonyl (C=O) groups is 1. The summed E-state index contributed by atoms with van der Waals surface area (Å²) in [6.45, 7) is 0.921. The fraction of sp³-hybridized carbons (Fsp3) is 0.273. The van der Waals surface area contributed by atoms with Crippen LogP contribution < -0.4 is 9.79 Å². The zero-order chi connectivity index (χ0) is 28.5. The van der Waals surface area contributed by atoms with E-state index in [1.165, 1.54) is 0 Å². The van der Waals surface area contributed by atoms with Crippen LogP contribution in [0.25, 0.3) is 0 Å². The molecule has 3 aromatic rings. The number of anilines is 2. The van der Waals surface area contributed by atoms with E-state index in [4.69, 9.17) is 0 Å². The normalized spacial score (nSPS) is 14.1. The van der Waals surface area contributed by atoms with Crippen LogP contribution >= 0.6 is 11.3 Å². The lowest BCUT2D eigenvalue weighted by atomic mass is 10.0. The van der Waals surface area contributed by atoms with E-state index < -0.39 is 72.9 Å². The van der Waals surface area contributed by atoms with Gasteiger partial charge in [-0.2, -0.15) is 21.6 Å². The van der Waals surface area contributed by atoms with E-state index in [0.717, 1.165) is 35.5 Å². The number of alkyl halides is 3. The van der Waals surface area contributed by atoms with Gasteiger partial charge in [-0.3, -0.25) is 4.90 Å². The zero-order valence-electron chi connectivity index (χ0n) is 19.4. The lowest BCUT2D eigenvalue weighted by Gasteiger charge is -2.31. The van der Waals surface area contributed by atoms with Crippen molar-refractivity contribution in [3.8, 4) is 0 Å². The van der Waals surface area contributed by atoms with Crippen LogP contribution in [-0.2, 0) is 32.7 Å². The summed E-state index contributed by atoms with van der Waals surface area (Å²) in [4.78, 5) is 19.1. The Bertz CT molecular complexity index is 1480. The fourth-order valence-electron chi connectivity index (χ4n) is 3.54. The molecule has 0 amide bonds. The van der Waals surface area contributed by atoms with Gasteiger partial charge in [0, 0.05) is 29.6 Å². The van der Waals surface area contributed by atoms with E-state index >= 15 is 0 Å². The molecule has 8 nitrogen and oxygen atoms in total. The second kappa shape index (κ2) is 11.0. The van der Waals surface area contributed by atoms with Gasteiger partial charge in [0.15, 0.2) is 17.5 Å². The molecule has 0 unspecified atom stereocenters. The predicted molar refractivity (Wildman–Crippen MR) is 124 cm³/mol. The van der Waals surface area contributed by atoms with Crippen molar-refractivity contribution in [1.82, 2.24) is 9.88 Å². The molecular formula is C22H17F7N4O4S2. The van der Waals surface area contributed by atoms with Crippen molar-refractivity contribution < 1.29 is 48.8 Å². The number of hydrogen-bond donors (Lipinski definition) is 1. The van der Waals surface area contributed by atoms with E-state index in [2.05, 4.69) is 15.1 Å². The third-order valence-corrected chi connectivity index (χ3v) is 7.79. The van der Waals surface area contributed by atoms with E-state index in [1.54, 1.807) is 0 Å². The van der Waals surface area contributed by atoms with E-state index in [9.17, 15) is 43.9 Å². The number of benzene rings is 2. The van der Waals surface area contributed by atoms with Crippen LogP contribution in [-0.4, -0.2) is 43.5 Å². The van der Waals surface area contributed by atoms with Crippen molar-refractivity contribution in [2.24, 2.45) is 0 Å². The van der Waals surface area contributed by atoms with E-state index in [-0.39, 0.29) is 17.7 Å². The van der Waals surface area contributed by atoms with Gasteiger partial charge in [0.2, 0.25) is 0 Å². The maximum Gasteiger partial charge on any atom is 0.493 e. The first-order valence-electron chi connectivity index (χ1n) is 10.9. The summed E-state index contributed by atoms with van der Waals surface area (Å²) in [5, 5.41) is 3.27. The van der Waals surface area contributed by atoms with Crippen LogP contribution in [0.1, 0.15) is 17.5 Å². The Morgan fingerprint density at radius 1 is 1.05 bits per heavy atom. The molecule has 17 heteroatoms. The molecule has 0 spiro atoms. The minimum Gasteiger partial charge on any atom is -0.378 e. The first kappa shape index (κ1) is 28.6. The van der Waals surface area contributed by atoms with Gasteiger partial charge in [-0.25, -0.2) is 27.3 Å². The minimum atomic E-state index is -5.62. The third-order valence-electron chi connectivity index (χ3n) is 5.65. The average molecular weight is 599 g/mol. The van der Waals surface area contributed by atoms with Crippen molar-refractivity contribution in [2.75, 3.05) is 22.9 Å². The highest BCUT2D eigenvalue weighted by molar-refractivity contribution is 7.92. The largest absolute Gasteiger partial charge is 0.493 e. The number of thiazole rings is 1. The Morgan fingerprint density at radius 2 is 1.72 bits per heavy atom. The monoisotopic (exact) mass is 598 g/mol. The smallest absolute Gasteiger partial charge is 0.378 e. The Labute approximate surface area is 220 Å². The molecule has 39 heavy (non-hydrogen) atoms. The van der Waals surface area contributed by atoms with Gasteiger partial charge < -0.3 is 10.2 Å². The highest BCUT2D eigenvalue weighted by Crippen LogP contribution is 2.31. The quantitative estimate of drug-likeness (QED) is 0.281. The molecule has 4 rings (SSSR count). The highest BCUT2D eigenvalue weighted by Gasteiger charge is 2.46. The van der Waals surface area contributed by atoms with Gasteiger partial charge >= 0.3 is 12.1 Å². The highest BCUT2D eigenvalue weighted by atomic mass is 32.2. The van der Waals surface area contributed by atoms with Gasteiger partial charge in [-0.1, -0.05) is 4.47 Å². The molecule has 1 aliphatic heterocycles. The lowest BCUT2D eigenvalue weighted by molar-refractivity contribution is -0.199. The summed E-state index contributed by atoms with van der Waals surface area (Å²) in [6, 6.07) is 3.03. The van der Waals surface area contributed by atoms with Gasteiger partial charge in [0.05, 0.1) is 11.2 Å². The molecular weight excluding hydrogens is 581 g/mol. The van der Waals surface area contributed by atoms with Crippen LogP contribution in [0.15, 0.2) is 40.1 Å². The summed E-state index contributed by atoms with van der Waals surface area (Å²) in [5.41, 5.74) is 0.183. The summed E-state index contributed by atoms with van der Waals surface area (Å²) in [5.74, 6) is -9.13. The van der Waals surface area contributed by atoms with E-state index in [0.29, 0.717) is 30.5 Å². The maximum atomic E-state index is 15.0. The number of sulfonamides is 1. The first-order chi connectivity index (χ1) is 18.3. The number of rotatable bonds is 9. The zero-order valence-corrected chi connectivity index (χ0v) is 21.1. The number of carbonyl (C=O) groups excluding carboxylic acids is 1. The number of likely N-dealkylation sites (tertiary alicyclic amines) is 1. The summed E-state index contributed by atoms with van der Waals surface area (Å²) < 4.78 is 122. The molecule has 0 radical (unpaired) electrons. The van der Waals surface area contributed by atoms with Crippen LogP contribution in [0.3, 0.4) is 0 Å². The van der Waals surface area contributed by atoms with Crippen LogP contribution in [0.2, 0.25) is 0 Å². The van der Waals surface area contributed by atoms with Crippen molar-refractivity contribution in [3.63, 3.8) is 0 Å². The molecule has 2 heterocycles. The number of nitrogens with one attached hydrogen (secondary N) is 1. The number of hydrogen-bond acceptors (Lipinski definition) is 8. The molecule has 210 valence electrons. The maximum absolute atomic E-state index is 15.0. The van der Waals surface area contributed by atoms with Gasteiger partial charge in [-0.05, 0) is 43.8 Å². The molecule has 2 aromatic carbocycles. The lowest BCUT2D eigenvalue weighted by Crippen LogP contribution is -2.39. The standard InChI is InChI=1S/C22H17F7N4O4S2/c23-14-2-3-15(24)13(9-32-6-1-7-32)12(14)8-30-16-4-5-17(20(26)19(16)25)39(35,36)33(18-10-38-11-31-18)37-21(34)22(27,28)29/h2-5,10-11,30H,1,6-9H2. The van der Waals surface area contributed by atoms with Crippen LogP contribution in [0.5, 0.6) is 0 Å². The fourth-order valence-corrected chi connectivity index (χ4v) is 5.37. The third kappa shape index (κ3) is 5.94. The predicted octanol–water partition coefficient (Wildman–Crippen LogP) is 4.73. The second-order valence-electron chi connectivity index (χ2n) is 8.16. The molecule has 0 saturated carbocycles. The van der Waals surface area contributed by atoms with Crippen molar-refractivity contribution >= 4 is 38.8 Å². The number of nitrogens with zero attached hydrogens (tertiary/aromatic N) is 3. The Balaban J connectivity index is 1.62. The SMILES string of the molecule is O=C(ON(c1cscn1)S(=O)(=O)c1ccc(NCc2c(F)ccc(F)c2CN2CCC2)c(F)c1F)C(F)(F)F. The van der Waals surface area contributed by atoms with Crippen molar-refractivity contribution in [3.05, 3.63) is 69.6 Å². The van der Waals surface area contributed by atoms with Gasteiger partial charge in [-0.15, -0.1) is 11.3 Å². The molecule has 0 aliphatic carbocycles. The second-order valence-corrected chi connectivity index (χ2v) is 10.6. The van der Waals surface area contributed by atoms with Crippen molar-refractivity contribution in [1.29, 1.82) is 0 Å². The van der Waals surface area contributed by atoms with Crippen LogP contribution in [0, 0.1) is 23.3 Å². The van der Waals surface area contributed by atoms with Crippen LogP contribution in [0.4, 0.5) is 42.2 Å². The first-order valence-corrected chi connectivity index (χ1v) is 13.3. The van der Waals surface area contributed by atoms with Gasteiger partial charge in [0.1, 0.15) is 16.5 Å². The van der Waals surface area contributed by atoms with Gasteiger partial charge in [0.25, 0.3) is 10.0 Å². The van der Waals surface area contributed by atoms with E-state index in [1.807, 2.05) is 4.90 Å². The molecule has 1 aromatic heterocycles. The Morgan fingerprint density at radius 3 is 2.28 bits per heavy atom. The Hall–Kier alpha value is -3.44. The molecule has 0 atom stereocenters.